The maximum absolute atomic E-state index is 9.93. The first-order valence-electron chi connectivity index (χ1n) is 8.96. The number of ether oxygens (including phenoxy) is 1. The number of aliphatic hydroxyl groups excluding tert-OH is 4. The monoisotopic (exact) mass is 352 g/mol. The quantitative estimate of drug-likeness (QED) is 0.216. The van der Waals surface area contributed by atoms with Crippen molar-refractivity contribution in [3.8, 4) is 0 Å². The Kier molecular flexibility index (Phi) is 15.8. The van der Waals surface area contributed by atoms with Crippen molar-refractivity contribution in [2.24, 2.45) is 0 Å². The summed E-state index contributed by atoms with van der Waals surface area (Å²) in [6.45, 7) is 2.12. The zero-order valence-electron chi connectivity index (χ0n) is 14.4. The van der Waals surface area contributed by atoms with E-state index in [4.69, 9.17) is 9.84 Å². The number of hydrogen-bond acceptors (Lipinski definition) is 6. The Bertz CT molecular complexity index is 255. The van der Waals surface area contributed by atoms with Gasteiger partial charge in [-0.3, -0.25) is 0 Å². The lowest BCUT2D eigenvalue weighted by Gasteiger charge is -2.28. The van der Waals surface area contributed by atoms with Gasteiger partial charge in [-0.15, -0.1) is 0 Å². The Balaban J connectivity index is 3.68. The fourth-order valence-corrected chi connectivity index (χ4v) is 2.78. The van der Waals surface area contributed by atoms with Crippen LogP contribution in [0.15, 0.2) is 0 Å². The van der Waals surface area contributed by atoms with Gasteiger partial charge in [0.1, 0.15) is 18.3 Å². The molecule has 0 heterocycles. The highest BCUT2D eigenvalue weighted by molar-refractivity contribution is 7.80. The molecule has 0 aliphatic carbocycles. The molecular weight excluding hydrogens is 316 g/mol. The van der Waals surface area contributed by atoms with Crippen LogP contribution in [0.2, 0.25) is 0 Å². The van der Waals surface area contributed by atoms with Gasteiger partial charge in [0.2, 0.25) is 0 Å². The van der Waals surface area contributed by atoms with Gasteiger partial charge in [0.25, 0.3) is 0 Å². The highest BCUT2D eigenvalue weighted by Crippen LogP contribution is 2.12. The number of hydrogen-bond donors (Lipinski definition) is 5. The summed E-state index contributed by atoms with van der Waals surface area (Å²) >= 11 is 4.11. The van der Waals surface area contributed by atoms with Crippen LogP contribution in [0.1, 0.15) is 64.7 Å². The zero-order chi connectivity index (χ0) is 17.5. The standard InChI is InChI=1S/C17H36O5S/c1-2-3-4-5-6-7-8-9-10-11-22-15(13-23)17(21)16(20)14(19)12-18/h14-21,23H,2-13H2,1H3/t14-,15+,16-,17-/m1/s1. The van der Waals surface area contributed by atoms with Crippen molar-refractivity contribution in [1.82, 2.24) is 0 Å². The van der Waals surface area contributed by atoms with Gasteiger partial charge >= 0.3 is 0 Å². The summed E-state index contributed by atoms with van der Waals surface area (Å²) in [6.07, 6.45) is 6.30. The second-order valence-electron chi connectivity index (χ2n) is 6.15. The number of rotatable bonds is 16. The van der Waals surface area contributed by atoms with Crippen molar-refractivity contribution in [3.63, 3.8) is 0 Å². The van der Waals surface area contributed by atoms with E-state index in [-0.39, 0.29) is 5.75 Å². The molecule has 140 valence electrons. The highest BCUT2D eigenvalue weighted by Gasteiger charge is 2.30. The maximum Gasteiger partial charge on any atom is 0.111 e. The first-order chi connectivity index (χ1) is 11.1. The summed E-state index contributed by atoms with van der Waals surface area (Å²) in [5.74, 6) is 0.244. The number of thiol groups is 1. The molecule has 0 aliphatic heterocycles. The van der Waals surface area contributed by atoms with E-state index in [1.165, 1.54) is 44.9 Å². The van der Waals surface area contributed by atoms with Crippen LogP contribution in [-0.4, -0.2) is 63.8 Å². The Morgan fingerprint density at radius 1 is 0.826 bits per heavy atom. The summed E-state index contributed by atoms with van der Waals surface area (Å²) in [4.78, 5) is 0. The minimum atomic E-state index is -1.43. The molecule has 0 saturated carbocycles. The van der Waals surface area contributed by atoms with Crippen molar-refractivity contribution in [2.45, 2.75) is 89.1 Å². The van der Waals surface area contributed by atoms with E-state index in [2.05, 4.69) is 19.6 Å². The molecule has 0 spiro atoms. The molecule has 5 nitrogen and oxygen atoms in total. The molecule has 0 radical (unpaired) electrons. The Morgan fingerprint density at radius 2 is 1.35 bits per heavy atom. The SMILES string of the molecule is CCCCCCCCCCCO[C@@H](CS)[C@@H](O)[C@H](O)[C@H](O)CO. The van der Waals surface area contributed by atoms with Crippen molar-refractivity contribution in [2.75, 3.05) is 19.0 Å². The first kappa shape index (κ1) is 23.1. The summed E-state index contributed by atoms with van der Waals surface area (Å²) in [5, 5.41) is 37.7. The molecule has 4 atom stereocenters. The molecule has 0 fully saturated rings. The fourth-order valence-electron chi connectivity index (χ4n) is 2.46. The molecule has 4 N–H and O–H groups in total. The molecule has 0 bridgehead atoms. The maximum atomic E-state index is 9.93. The minimum absolute atomic E-state index is 0.244. The molecule has 0 aromatic rings. The van der Waals surface area contributed by atoms with E-state index >= 15 is 0 Å². The van der Waals surface area contributed by atoms with Gasteiger partial charge in [-0.2, -0.15) is 12.6 Å². The largest absolute Gasteiger partial charge is 0.394 e. The predicted molar refractivity (Wildman–Crippen MR) is 95.9 cm³/mol. The van der Waals surface area contributed by atoms with Crippen molar-refractivity contribution < 1.29 is 25.2 Å². The zero-order valence-corrected chi connectivity index (χ0v) is 15.3. The number of aliphatic hydroxyl groups is 4. The van der Waals surface area contributed by atoms with Crippen molar-refractivity contribution >= 4 is 12.6 Å². The molecule has 0 amide bonds. The lowest BCUT2D eigenvalue weighted by molar-refractivity contribution is -0.124. The van der Waals surface area contributed by atoms with E-state index in [0.717, 1.165) is 12.8 Å². The lowest BCUT2D eigenvalue weighted by atomic mass is 10.0. The van der Waals surface area contributed by atoms with E-state index in [1.807, 2.05) is 0 Å². The third-order valence-corrected chi connectivity index (χ3v) is 4.43. The third kappa shape index (κ3) is 11.3. The summed E-state index contributed by atoms with van der Waals surface area (Å²) < 4.78 is 5.55. The van der Waals surface area contributed by atoms with Gasteiger partial charge in [0.05, 0.1) is 12.7 Å². The molecule has 6 heteroatoms. The van der Waals surface area contributed by atoms with Gasteiger partial charge in [-0.25, -0.2) is 0 Å². The topological polar surface area (TPSA) is 90.2 Å². The second kappa shape index (κ2) is 15.7. The van der Waals surface area contributed by atoms with Crippen LogP contribution in [0.4, 0.5) is 0 Å². The third-order valence-electron chi connectivity index (χ3n) is 4.07. The van der Waals surface area contributed by atoms with Crippen LogP contribution in [0, 0.1) is 0 Å². The summed E-state index contributed by atoms with van der Waals surface area (Å²) in [5.41, 5.74) is 0. The lowest BCUT2D eigenvalue weighted by Crippen LogP contribution is -2.47. The second-order valence-corrected chi connectivity index (χ2v) is 6.52. The van der Waals surface area contributed by atoms with Gasteiger partial charge < -0.3 is 25.2 Å². The molecule has 0 rings (SSSR count). The van der Waals surface area contributed by atoms with Crippen LogP contribution in [0.3, 0.4) is 0 Å². The van der Waals surface area contributed by atoms with Crippen LogP contribution >= 0.6 is 12.6 Å². The van der Waals surface area contributed by atoms with Crippen LogP contribution in [0.5, 0.6) is 0 Å². The van der Waals surface area contributed by atoms with E-state index in [0.29, 0.717) is 6.61 Å². The van der Waals surface area contributed by atoms with Crippen molar-refractivity contribution in [3.05, 3.63) is 0 Å². The molecule has 0 aromatic heterocycles. The molecule has 0 saturated heterocycles. The smallest absolute Gasteiger partial charge is 0.111 e. The number of unbranched alkanes of at least 4 members (excludes halogenated alkanes) is 8. The van der Waals surface area contributed by atoms with Crippen LogP contribution in [0.25, 0.3) is 0 Å². The highest BCUT2D eigenvalue weighted by atomic mass is 32.1. The first-order valence-corrected chi connectivity index (χ1v) is 9.59. The Labute approximate surface area is 146 Å². The average Bonchev–Trinajstić information content (AvgIpc) is 2.57. The molecular formula is C17H36O5S. The van der Waals surface area contributed by atoms with Gasteiger partial charge in [-0.1, -0.05) is 58.3 Å². The fraction of sp³-hybridized carbons (Fsp3) is 1.00. The van der Waals surface area contributed by atoms with Gasteiger partial charge in [0.15, 0.2) is 0 Å². The normalized spacial score (nSPS) is 17.0. The van der Waals surface area contributed by atoms with Gasteiger partial charge in [-0.05, 0) is 6.42 Å². The van der Waals surface area contributed by atoms with E-state index in [9.17, 15) is 15.3 Å². The Morgan fingerprint density at radius 3 is 1.83 bits per heavy atom. The Hall–Kier alpha value is 0.150. The van der Waals surface area contributed by atoms with E-state index < -0.39 is 31.0 Å². The average molecular weight is 353 g/mol. The van der Waals surface area contributed by atoms with E-state index in [1.54, 1.807) is 0 Å². The molecule has 23 heavy (non-hydrogen) atoms. The molecule has 0 unspecified atom stereocenters. The van der Waals surface area contributed by atoms with Crippen LogP contribution < -0.4 is 0 Å². The molecule has 0 aliphatic rings. The minimum Gasteiger partial charge on any atom is -0.394 e. The van der Waals surface area contributed by atoms with Gasteiger partial charge in [0, 0.05) is 12.4 Å². The van der Waals surface area contributed by atoms with Crippen LogP contribution in [-0.2, 0) is 4.74 Å². The predicted octanol–water partition coefficient (Wildman–Crippen LogP) is 1.91. The summed E-state index contributed by atoms with van der Waals surface area (Å²) in [7, 11) is 0. The molecule has 0 aromatic carbocycles. The summed E-state index contributed by atoms with van der Waals surface area (Å²) in [6, 6.07) is 0. The van der Waals surface area contributed by atoms with Crippen molar-refractivity contribution in [1.29, 1.82) is 0 Å².